The fraction of sp³-hybridized carbons (Fsp3) is 0.214. The smallest absolute Gasteiger partial charge is 0.308 e. The zero-order valence-electron chi connectivity index (χ0n) is 11.2. The van der Waals surface area contributed by atoms with E-state index in [2.05, 4.69) is 0 Å². The number of rotatable bonds is 2. The van der Waals surface area contributed by atoms with Gasteiger partial charge in [-0.1, -0.05) is 0 Å². The Morgan fingerprint density at radius 3 is 2.30 bits per heavy atom. The van der Waals surface area contributed by atoms with Crippen molar-refractivity contribution in [1.82, 2.24) is 0 Å². The molecule has 0 saturated carbocycles. The maximum absolute atomic E-state index is 12.0. The second kappa shape index (κ2) is 5.16. The molecule has 0 aliphatic carbocycles. The Balaban J connectivity index is 2.74. The molecule has 1 aromatic carbocycles. The van der Waals surface area contributed by atoms with Crippen molar-refractivity contribution in [3.05, 3.63) is 34.2 Å². The normalized spacial score (nSPS) is 10.3. The van der Waals surface area contributed by atoms with Gasteiger partial charge in [-0.25, -0.2) is 0 Å². The molecule has 0 fully saturated rings. The van der Waals surface area contributed by atoms with Crippen LogP contribution in [0, 0.1) is 6.92 Å². The second-order valence-electron chi connectivity index (χ2n) is 4.20. The highest BCUT2D eigenvalue weighted by molar-refractivity contribution is 5.88. The lowest BCUT2D eigenvalue weighted by Crippen LogP contribution is -2.09. The first kappa shape index (κ1) is 13.8. The molecule has 20 heavy (non-hydrogen) atoms. The molecule has 0 N–H and O–H groups in total. The number of ether oxygens (including phenoxy) is 2. The van der Waals surface area contributed by atoms with Crippen LogP contribution in [0.15, 0.2) is 27.4 Å². The summed E-state index contributed by atoms with van der Waals surface area (Å²) in [5.74, 6) is -0.592. The Morgan fingerprint density at radius 2 is 1.70 bits per heavy atom. The molecule has 0 aliphatic heterocycles. The van der Waals surface area contributed by atoms with E-state index >= 15 is 0 Å². The molecule has 0 atom stereocenters. The van der Waals surface area contributed by atoms with E-state index in [-0.39, 0.29) is 27.9 Å². The first-order chi connectivity index (χ1) is 9.36. The topological polar surface area (TPSA) is 82.8 Å². The SMILES string of the molecule is CC(=O)Oc1cc(OC(C)=O)c2c(=O)cc(C)oc2c1. The molecule has 1 aromatic heterocycles. The zero-order valence-corrected chi connectivity index (χ0v) is 11.2. The van der Waals surface area contributed by atoms with E-state index in [9.17, 15) is 14.4 Å². The lowest BCUT2D eigenvalue weighted by atomic mass is 10.2. The van der Waals surface area contributed by atoms with Gasteiger partial charge in [0.05, 0.1) is 0 Å². The third-order valence-corrected chi connectivity index (χ3v) is 2.41. The summed E-state index contributed by atoms with van der Waals surface area (Å²) in [7, 11) is 0. The molecule has 6 nitrogen and oxygen atoms in total. The quantitative estimate of drug-likeness (QED) is 0.616. The number of carbonyl (C=O) groups excluding carboxylic acids is 2. The molecule has 0 saturated heterocycles. The summed E-state index contributed by atoms with van der Waals surface area (Å²) in [6, 6.07) is 4.00. The van der Waals surface area contributed by atoms with Crippen LogP contribution in [0.25, 0.3) is 11.0 Å². The average Bonchev–Trinajstić information content (AvgIpc) is 2.24. The third-order valence-electron chi connectivity index (χ3n) is 2.41. The first-order valence-electron chi connectivity index (χ1n) is 5.82. The number of esters is 2. The molecule has 0 bridgehead atoms. The molecule has 0 unspecified atom stereocenters. The van der Waals surface area contributed by atoms with Crippen molar-refractivity contribution in [2.45, 2.75) is 20.8 Å². The van der Waals surface area contributed by atoms with Gasteiger partial charge < -0.3 is 13.9 Å². The van der Waals surface area contributed by atoms with E-state index < -0.39 is 11.9 Å². The van der Waals surface area contributed by atoms with Gasteiger partial charge in [-0.2, -0.15) is 0 Å². The Labute approximate surface area is 113 Å². The van der Waals surface area contributed by atoms with Crippen LogP contribution in [-0.2, 0) is 9.59 Å². The lowest BCUT2D eigenvalue weighted by molar-refractivity contribution is -0.132. The summed E-state index contributed by atoms with van der Waals surface area (Å²) in [6.07, 6.45) is 0. The van der Waals surface area contributed by atoms with Gasteiger partial charge in [-0.15, -0.1) is 0 Å². The molecular weight excluding hydrogens is 264 g/mol. The summed E-state index contributed by atoms with van der Waals surface area (Å²) >= 11 is 0. The molecule has 0 spiro atoms. The molecule has 104 valence electrons. The Bertz CT molecular complexity index is 756. The first-order valence-corrected chi connectivity index (χ1v) is 5.82. The van der Waals surface area contributed by atoms with Gasteiger partial charge in [-0.3, -0.25) is 14.4 Å². The van der Waals surface area contributed by atoms with Crippen LogP contribution in [0.1, 0.15) is 19.6 Å². The lowest BCUT2D eigenvalue weighted by Gasteiger charge is -2.08. The van der Waals surface area contributed by atoms with Gasteiger partial charge >= 0.3 is 11.9 Å². The van der Waals surface area contributed by atoms with Crippen molar-refractivity contribution in [3.8, 4) is 11.5 Å². The monoisotopic (exact) mass is 276 g/mol. The Morgan fingerprint density at radius 1 is 1.05 bits per heavy atom. The van der Waals surface area contributed by atoms with Crippen LogP contribution in [-0.4, -0.2) is 11.9 Å². The standard InChI is InChI=1S/C14H12O6/c1-7-4-11(17)14-12(18-7)5-10(19-8(2)15)6-13(14)20-9(3)16/h4-6H,1-3H3. The van der Waals surface area contributed by atoms with Gasteiger partial charge in [0, 0.05) is 32.0 Å². The van der Waals surface area contributed by atoms with E-state index in [0.29, 0.717) is 5.76 Å². The van der Waals surface area contributed by atoms with Crippen LogP contribution in [0.3, 0.4) is 0 Å². The molecule has 2 aromatic rings. The van der Waals surface area contributed by atoms with E-state index in [0.717, 1.165) is 0 Å². The maximum Gasteiger partial charge on any atom is 0.308 e. The molecule has 0 amide bonds. The fourth-order valence-corrected chi connectivity index (χ4v) is 1.81. The van der Waals surface area contributed by atoms with Gasteiger partial charge in [0.2, 0.25) is 0 Å². The Kier molecular flexibility index (Phi) is 3.56. The van der Waals surface area contributed by atoms with Gasteiger partial charge in [0.1, 0.15) is 28.2 Å². The minimum absolute atomic E-state index is 0.000000000000000444. The van der Waals surface area contributed by atoms with Crippen molar-refractivity contribution < 1.29 is 23.5 Å². The van der Waals surface area contributed by atoms with Gasteiger partial charge in [0.25, 0.3) is 0 Å². The molecule has 2 rings (SSSR count). The molecule has 0 aliphatic rings. The maximum atomic E-state index is 12.0. The predicted octanol–water partition coefficient (Wildman–Crippen LogP) is 1.95. The molecule has 1 heterocycles. The number of aryl methyl sites for hydroxylation is 1. The van der Waals surface area contributed by atoms with Crippen LogP contribution in [0.4, 0.5) is 0 Å². The van der Waals surface area contributed by atoms with Crippen molar-refractivity contribution in [3.63, 3.8) is 0 Å². The van der Waals surface area contributed by atoms with Crippen LogP contribution < -0.4 is 14.9 Å². The van der Waals surface area contributed by atoms with Crippen molar-refractivity contribution in [1.29, 1.82) is 0 Å². The summed E-state index contributed by atoms with van der Waals surface area (Å²) in [6.45, 7) is 4.06. The van der Waals surface area contributed by atoms with Crippen molar-refractivity contribution >= 4 is 22.9 Å². The summed E-state index contributed by atoms with van der Waals surface area (Å²) < 4.78 is 15.3. The Hall–Kier alpha value is -2.63. The van der Waals surface area contributed by atoms with Gasteiger partial charge in [-0.05, 0) is 6.92 Å². The minimum atomic E-state index is -0.591. The predicted molar refractivity (Wildman–Crippen MR) is 69.8 cm³/mol. The minimum Gasteiger partial charge on any atom is -0.461 e. The highest BCUT2D eigenvalue weighted by Gasteiger charge is 2.14. The highest BCUT2D eigenvalue weighted by Crippen LogP contribution is 2.30. The van der Waals surface area contributed by atoms with Crippen molar-refractivity contribution in [2.24, 2.45) is 0 Å². The molecule has 0 radical (unpaired) electrons. The number of fused-ring (bicyclic) bond motifs is 1. The molecular formula is C14H12O6. The number of hydrogen-bond acceptors (Lipinski definition) is 6. The zero-order chi connectivity index (χ0) is 14.9. The summed E-state index contributed by atoms with van der Waals surface area (Å²) in [5, 5.41) is 0.127. The number of hydrogen-bond donors (Lipinski definition) is 0. The second-order valence-corrected chi connectivity index (χ2v) is 4.20. The van der Waals surface area contributed by atoms with E-state index in [1.807, 2.05) is 0 Å². The van der Waals surface area contributed by atoms with Gasteiger partial charge in [0.15, 0.2) is 5.43 Å². The average molecular weight is 276 g/mol. The summed E-state index contributed by atoms with van der Waals surface area (Å²) in [5.41, 5.74) is -0.153. The number of carbonyl (C=O) groups is 2. The van der Waals surface area contributed by atoms with E-state index in [1.165, 1.54) is 32.0 Å². The fourth-order valence-electron chi connectivity index (χ4n) is 1.81. The van der Waals surface area contributed by atoms with Crippen LogP contribution in [0.2, 0.25) is 0 Å². The largest absolute Gasteiger partial charge is 0.461 e. The van der Waals surface area contributed by atoms with E-state index in [1.54, 1.807) is 6.92 Å². The third kappa shape index (κ3) is 2.85. The van der Waals surface area contributed by atoms with Crippen molar-refractivity contribution in [2.75, 3.05) is 0 Å². The van der Waals surface area contributed by atoms with Crippen LogP contribution >= 0.6 is 0 Å². The van der Waals surface area contributed by atoms with E-state index in [4.69, 9.17) is 13.9 Å². The van der Waals surface area contributed by atoms with Crippen LogP contribution in [0.5, 0.6) is 11.5 Å². The number of benzene rings is 1. The highest BCUT2D eigenvalue weighted by atomic mass is 16.5. The summed E-state index contributed by atoms with van der Waals surface area (Å²) in [4.78, 5) is 34.1. The molecule has 6 heteroatoms.